The highest BCUT2D eigenvalue weighted by molar-refractivity contribution is 6.05. The van der Waals surface area contributed by atoms with E-state index in [4.69, 9.17) is 0 Å². The van der Waals surface area contributed by atoms with Crippen molar-refractivity contribution in [1.82, 2.24) is 0 Å². The molecule has 0 aliphatic rings. The molecule has 3 rings (SSSR count). The number of carbonyl (C=O) groups excluding carboxylic acids is 1. The lowest BCUT2D eigenvalue weighted by atomic mass is 9.99. The zero-order chi connectivity index (χ0) is 16.9. The third-order valence-electron chi connectivity index (χ3n) is 3.95. The Hall–Kier alpha value is -2.94. The fourth-order valence-electron chi connectivity index (χ4n) is 2.63. The molecule has 0 saturated carbocycles. The van der Waals surface area contributed by atoms with Crippen LogP contribution in [-0.2, 0) is 6.42 Å². The molecule has 2 nitrogen and oxygen atoms in total. The number of hydrogen-bond acceptors (Lipinski definition) is 1. The van der Waals surface area contributed by atoms with Crippen LogP contribution in [0.2, 0.25) is 0 Å². The van der Waals surface area contributed by atoms with Crippen LogP contribution >= 0.6 is 0 Å². The van der Waals surface area contributed by atoms with Crippen LogP contribution < -0.4 is 5.32 Å². The highest BCUT2D eigenvalue weighted by atomic mass is 19.1. The van der Waals surface area contributed by atoms with E-state index in [1.807, 2.05) is 55.5 Å². The molecule has 24 heavy (non-hydrogen) atoms. The van der Waals surface area contributed by atoms with E-state index in [-0.39, 0.29) is 11.7 Å². The van der Waals surface area contributed by atoms with E-state index in [0.29, 0.717) is 17.7 Å². The maximum Gasteiger partial charge on any atom is 0.255 e. The first-order valence-electron chi connectivity index (χ1n) is 7.83. The summed E-state index contributed by atoms with van der Waals surface area (Å²) in [6.45, 7) is 1.84. The zero-order valence-corrected chi connectivity index (χ0v) is 13.4. The molecule has 1 N–H and O–H groups in total. The summed E-state index contributed by atoms with van der Waals surface area (Å²) in [5.41, 5.74) is 4.00. The van der Waals surface area contributed by atoms with Crippen LogP contribution in [0, 0.1) is 12.7 Å². The molecule has 3 heteroatoms. The highest BCUT2D eigenvalue weighted by Crippen LogP contribution is 2.19. The Morgan fingerprint density at radius 2 is 1.67 bits per heavy atom. The highest BCUT2D eigenvalue weighted by Gasteiger charge is 2.13. The summed E-state index contributed by atoms with van der Waals surface area (Å²) in [7, 11) is 0. The number of amides is 1. The van der Waals surface area contributed by atoms with Crippen molar-refractivity contribution in [1.29, 1.82) is 0 Å². The normalized spacial score (nSPS) is 10.4. The van der Waals surface area contributed by atoms with Gasteiger partial charge in [0.15, 0.2) is 0 Å². The van der Waals surface area contributed by atoms with Crippen molar-refractivity contribution in [3.8, 4) is 0 Å². The Morgan fingerprint density at radius 1 is 0.958 bits per heavy atom. The van der Waals surface area contributed by atoms with Crippen LogP contribution in [0.3, 0.4) is 0 Å². The summed E-state index contributed by atoms with van der Waals surface area (Å²) in [6.07, 6.45) is 0.673. The Labute approximate surface area is 141 Å². The van der Waals surface area contributed by atoms with E-state index in [1.54, 1.807) is 12.1 Å². The number of carbonyl (C=O) groups is 1. The fourth-order valence-corrected chi connectivity index (χ4v) is 2.63. The van der Waals surface area contributed by atoms with Gasteiger partial charge in [-0.2, -0.15) is 0 Å². The number of halogens is 1. The molecule has 0 radical (unpaired) electrons. The molecule has 0 unspecified atom stereocenters. The third-order valence-corrected chi connectivity index (χ3v) is 3.95. The minimum atomic E-state index is -0.367. The van der Waals surface area contributed by atoms with Gasteiger partial charge in [-0.1, -0.05) is 54.6 Å². The second-order valence-electron chi connectivity index (χ2n) is 5.73. The maximum absolute atomic E-state index is 13.4. The molecule has 0 aliphatic carbocycles. The SMILES string of the molecule is Cc1ccc(F)cc1NC(=O)c1ccccc1Cc1ccccc1. The number of benzene rings is 3. The predicted octanol–water partition coefficient (Wildman–Crippen LogP) is 4.98. The lowest BCUT2D eigenvalue weighted by Gasteiger charge is -2.12. The Balaban J connectivity index is 1.86. The topological polar surface area (TPSA) is 29.1 Å². The van der Waals surface area contributed by atoms with Gasteiger partial charge in [0, 0.05) is 11.3 Å². The molecular weight excluding hydrogens is 301 g/mol. The van der Waals surface area contributed by atoms with E-state index < -0.39 is 0 Å². The Bertz CT molecular complexity index is 859. The van der Waals surface area contributed by atoms with Gasteiger partial charge in [0.25, 0.3) is 5.91 Å². The van der Waals surface area contributed by atoms with E-state index in [1.165, 1.54) is 12.1 Å². The Kier molecular flexibility index (Phi) is 4.71. The van der Waals surface area contributed by atoms with E-state index in [9.17, 15) is 9.18 Å². The molecule has 1 amide bonds. The molecule has 120 valence electrons. The van der Waals surface area contributed by atoms with Gasteiger partial charge in [-0.25, -0.2) is 4.39 Å². The molecule has 0 heterocycles. The minimum Gasteiger partial charge on any atom is -0.322 e. The number of hydrogen-bond donors (Lipinski definition) is 1. The minimum absolute atomic E-state index is 0.227. The monoisotopic (exact) mass is 319 g/mol. The molecule has 0 aliphatic heterocycles. The average Bonchev–Trinajstić information content (AvgIpc) is 2.59. The van der Waals surface area contributed by atoms with Gasteiger partial charge >= 0.3 is 0 Å². The lowest BCUT2D eigenvalue weighted by molar-refractivity contribution is 0.102. The fraction of sp³-hybridized carbons (Fsp3) is 0.0952. The van der Waals surface area contributed by atoms with Gasteiger partial charge in [0.1, 0.15) is 5.82 Å². The van der Waals surface area contributed by atoms with Gasteiger partial charge in [-0.3, -0.25) is 4.79 Å². The first-order valence-corrected chi connectivity index (χ1v) is 7.83. The van der Waals surface area contributed by atoms with Crippen LogP contribution in [-0.4, -0.2) is 5.91 Å². The van der Waals surface area contributed by atoms with Crippen molar-refractivity contribution in [2.24, 2.45) is 0 Å². The molecule has 0 aromatic heterocycles. The van der Waals surface area contributed by atoms with E-state index in [2.05, 4.69) is 5.32 Å². The molecule has 3 aromatic rings. The smallest absolute Gasteiger partial charge is 0.255 e. The molecule has 3 aromatic carbocycles. The van der Waals surface area contributed by atoms with Gasteiger partial charge in [0.05, 0.1) is 0 Å². The summed E-state index contributed by atoms with van der Waals surface area (Å²) < 4.78 is 13.4. The van der Waals surface area contributed by atoms with Crippen molar-refractivity contribution in [3.63, 3.8) is 0 Å². The Morgan fingerprint density at radius 3 is 2.46 bits per heavy atom. The van der Waals surface area contributed by atoms with Gasteiger partial charge in [0.2, 0.25) is 0 Å². The summed E-state index contributed by atoms with van der Waals surface area (Å²) in [5, 5.41) is 2.81. The summed E-state index contributed by atoms with van der Waals surface area (Å²) in [4.78, 5) is 12.7. The van der Waals surface area contributed by atoms with Crippen molar-refractivity contribution in [3.05, 3.63) is 101 Å². The van der Waals surface area contributed by atoms with E-state index in [0.717, 1.165) is 16.7 Å². The lowest BCUT2D eigenvalue weighted by Crippen LogP contribution is -2.15. The van der Waals surface area contributed by atoms with Crippen molar-refractivity contribution in [2.45, 2.75) is 13.3 Å². The van der Waals surface area contributed by atoms with Crippen LogP contribution in [0.15, 0.2) is 72.8 Å². The number of anilines is 1. The summed E-state index contributed by atoms with van der Waals surface area (Å²) in [5.74, 6) is -0.594. The molecule has 0 spiro atoms. The van der Waals surface area contributed by atoms with Gasteiger partial charge in [-0.15, -0.1) is 0 Å². The standard InChI is InChI=1S/C21H18FNO/c1-15-11-12-18(22)14-20(15)23-21(24)19-10-6-5-9-17(19)13-16-7-3-2-4-8-16/h2-12,14H,13H2,1H3,(H,23,24). The number of nitrogens with one attached hydrogen (secondary N) is 1. The zero-order valence-electron chi connectivity index (χ0n) is 13.4. The van der Waals surface area contributed by atoms with Crippen LogP contribution in [0.5, 0.6) is 0 Å². The second kappa shape index (κ2) is 7.09. The molecule has 0 saturated heterocycles. The predicted molar refractivity (Wildman–Crippen MR) is 94.8 cm³/mol. The largest absolute Gasteiger partial charge is 0.322 e. The van der Waals surface area contributed by atoms with Crippen molar-refractivity contribution >= 4 is 11.6 Å². The molecular formula is C21H18FNO. The quantitative estimate of drug-likeness (QED) is 0.722. The van der Waals surface area contributed by atoms with Gasteiger partial charge < -0.3 is 5.32 Å². The van der Waals surface area contributed by atoms with Crippen LogP contribution in [0.1, 0.15) is 27.0 Å². The molecule has 0 atom stereocenters. The third kappa shape index (κ3) is 3.69. The van der Waals surface area contributed by atoms with Crippen molar-refractivity contribution in [2.75, 3.05) is 5.32 Å². The summed E-state index contributed by atoms with van der Waals surface area (Å²) in [6, 6.07) is 21.9. The first kappa shape index (κ1) is 15.9. The average molecular weight is 319 g/mol. The van der Waals surface area contributed by atoms with Crippen LogP contribution in [0.4, 0.5) is 10.1 Å². The molecule has 0 bridgehead atoms. The van der Waals surface area contributed by atoms with Gasteiger partial charge in [-0.05, 0) is 48.2 Å². The summed E-state index contributed by atoms with van der Waals surface area (Å²) >= 11 is 0. The van der Waals surface area contributed by atoms with Crippen LogP contribution in [0.25, 0.3) is 0 Å². The maximum atomic E-state index is 13.4. The molecule has 0 fully saturated rings. The number of rotatable bonds is 4. The first-order chi connectivity index (χ1) is 11.6. The van der Waals surface area contributed by atoms with Crippen molar-refractivity contribution < 1.29 is 9.18 Å². The number of aryl methyl sites for hydroxylation is 1. The van der Waals surface area contributed by atoms with E-state index >= 15 is 0 Å². The second-order valence-corrected chi connectivity index (χ2v) is 5.73.